The van der Waals surface area contributed by atoms with Crippen LogP contribution in [-0.2, 0) is 11.8 Å². The Bertz CT molecular complexity index is 5460. The Morgan fingerprint density at radius 3 is 1.07 bits per heavy atom. The Hall–Kier alpha value is -9.68. The Morgan fingerprint density at radius 2 is 0.649 bits per heavy atom. The van der Waals surface area contributed by atoms with Crippen LogP contribution in [0.3, 0.4) is 0 Å². The van der Waals surface area contributed by atoms with Crippen LogP contribution in [0.1, 0.15) is 69.1 Å². The first-order valence-corrected chi connectivity index (χ1v) is 42.5. The van der Waals surface area contributed by atoms with Crippen LogP contribution in [0.5, 0.6) is 0 Å². The molecule has 16 aromatic rings. The summed E-state index contributed by atoms with van der Waals surface area (Å²) in [5.41, 5.74) is 24.5. The molecule has 0 saturated heterocycles. The number of halogens is 6. The monoisotopic (exact) mass is 1900 g/mol. The molecule has 0 radical (unpaired) electrons. The van der Waals surface area contributed by atoms with Gasteiger partial charge in [0.05, 0.1) is 28.2 Å². The van der Waals surface area contributed by atoms with Crippen LogP contribution in [0.15, 0.2) is 441 Å². The van der Waals surface area contributed by atoms with Gasteiger partial charge in [0, 0.05) is 65.5 Å². The van der Waals surface area contributed by atoms with E-state index in [-0.39, 0.29) is 30.1 Å². The second kappa shape index (κ2) is 41.6. The normalized spacial score (nSPS) is 11.4. The number of fused-ring (bicyclic) bond motifs is 12. The van der Waals surface area contributed by atoms with Crippen LogP contribution in [0, 0.1) is 10.5 Å². The average molecular weight is 1910 g/mol. The van der Waals surface area contributed by atoms with Crippen molar-refractivity contribution in [3.63, 3.8) is 0 Å². The first kappa shape index (κ1) is 83.7. The Kier molecular flexibility index (Phi) is 30.5. The van der Waals surface area contributed by atoms with Crippen LogP contribution in [0.4, 0.5) is 51.2 Å². The van der Waals surface area contributed by atoms with E-state index in [2.05, 4.69) is 452 Å². The topological polar surface area (TPSA) is 26.8 Å². The van der Waals surface area contributed by atoms with Gasteiger partial charge in [0.2, 0.25) is 0 Å². The number of nitrogens with zero attached hydrogens (tertiary/aromatic N) is 3. The molecule has 16 aromatic carbocycles. The zero-order chi connectivity index (χ0) is 78.3. The van der Waals surface area contributed by atoms with E-state index >= 15 is 0 Å². The summed E-state index contributed by atoms with van der Waals surface area (Å²) >= 11 is 20.1. The van der Waals surface area contributed by atoms with Gasteiger partial charge in [-0.1, -0.05) is 330 Å². The second-order valence-corrected chi connectivity index (χ2v) is 32.1. The van der Waals surface area contributed by atoms with Crippen molar-refractivity contribution in [1.29, 1.82) is 0 Å². The molecule has 19 rings (SSSR count). The fourth-order valence-electron chi connectivity index (χ4n) is 14.2. The zero-order valence-electron chi connectivity index (χ0n) is 63.2. The van der Waals surface area contributed by atoms with Crippen molar-refractivity contribution in [3.05, 3.63) is 496 Å². The number of ketones is 1. The van der Waals surface area contributed by atoms with Gasteiger partial charge < -0.3 is 21.6 Å². The number of unbranched alkanes of at least 4 members (excludes halogenated alkanes) is 1. The predicted octanol–water partition coefficient (Wildman–Crippen LogP) is 29.0. The summed E-state index contributed by atoms with van der Waals surface area (Å²) in [6.45, 7) is 5.72. The molecular weight excluding hydrogens is 1830 g/mol. The Balaban J connectivity index is 0.000000131. The molecule has 0 atom stereocenters. The maximum atomic E-state index is 12.0. The maximum absolute atomic E-state index is 12.0. The molecule has 0 saturated carbocycles. The standard InChI is InChI=1S/C31H20BrN.2C18H14BrN.C13H7BrO.C13H12.C6H4BrI.C4H9.Li/c32-21-18-19-24-23-12-4-5-13-25(23)31(28(24)20-21)26-14-6-8-16-29(26)33(22-10-2-1-3-11-22)30-17-9-7-15-27(30)31;2*19-17-13-7-8-14-18(17)20(15-9-3-1-4-10-15)16-11-5-2-6-12-16;14-8-5-6-10-9-3-1-2-4-11(9)13(15)12(10)7-8;1-3-7-12(8-4-1)11-13-9-5-2-6-10-13;7-5-3-1-2-4-6(5)8;1-3-4-2;/h1-20H;2*1-14H;1-7H;1-10H,11H2;1-4H;1,3-4H2,2H3;/q;;;;;;-1;+1. The molecule has 0 N–H and O–H groups in total. The fraction of sp³-hybridized carbons (Fsp3) is 0.0485. The number of hydrogen-bond donors (Lipinski definition) is 0. The molecule has 0 bridgehead atoms. The summed E-state index contributed by atoms with van der Waals surface area (Å²) in [7, 11) is 0. The Morgan fingerprint density at radius 1 is 0.325 bits per heavy atom. The number of para-hydroxylation sites is 9. The van der Waals surface area contributed by atoms with Gasteiger partial charge >= 0.3 is 18.9 Å². The van der Waals surface area contributed by atoms with Crippen molar-refractivity contribution in [2.45, 2.75) is 31.6 Å². The minimum Gasteiger partial charge on any atom is -0.343 e. The molecular formula is C103H80Br5ILiN3O. The third kappa shape index (κ3) is 19.8. The van der Waals surface area contributed by atoms with Crippen molar-refractivity contribution >= 4 is 159 Å². The van der Waals surface area contributed by atoms with E-state index in [0.717, 1.165) is 87.1 Å². The van der Waals surface area contributed by atoms with Gasteiger partial charge in [-0.05, 0) is 266 Å². The van der Waals surface area contributed by atoms with E-state index in [4.69, 9.17) is 0 Å². The van der Waals surface area contributed by atoms with Gasteiger partial charge in [-0.25, -0.2) is 0 Å². The van der Waals surface area contributed by atoms with Crippen molar-refractivity contribution in [1.82, 2.24) is 0 Å². The number of carbonyl (C=O) groups is 1. The summed E-state index contributed by atoms with van der Waals surface area (Å²) in [5, 5.41) is 0. The molecule has 3 aliphatic rings. The van der Waals surface area contributed by atoms with Crippen molar-refractivity contribution in [2.24, 2.45) is 0 Å². The third-order valence-electron chi connectivity index (χ3n) is 19.3. The molecule has 0 unspecified atom stereocenters. The molecule has 2 aliphatic carbocycles. The minimum absolute atomic E-state index is 0. The van der Waals surface area contributed by atoms with E-state index in [1.54, 1.807) is 0 Å². The largest absolute Gasteiger partial charge is 1.00 e. The van der Waals surface area contributed by atoms with E-state index < -0.39 is 0 Å². The maximum Gasteiger partial charge on any atom is 1.00 e. The quantitative estimate of drug-likeness (QED) is 0.0775. The number of anilines is 9. The molecule has 114 heavy (non-hydrogen) atoms. The van der Waals surface area contributed by atoms with E-state index in [9.17, 15) is 4.79 Å². The summed E-state index contributed by atoms with van der Waals surface area (Å²) < 4.78 is 6.63. The fourth-order valence-corrected chi connectivity index (χ4v) is 16.5. The van der Waals surface area contributed by atoms with Gasteiger partial charge in [-0.3, -0.25) is 4.79 Å². The SMILES string of the molecule is Brc1ccc2c(c1)C1(c3ccccc3-2)c2ccccc2N(c2ccccc2)c2ccccc21.Brc1ccccc1I.Brc1ccccc1N(c1ccccc1)c1ccccc1.Brc1ccccc1N(c1ccccc1)c1ccccc1.O=C1c2ccccc2-c2ccc(Br)cc21.[CH2-]CCC.[Li+].c1ccc(Cc2ccccc2)cc1. The first-order chi connectivity index (χ1) is 55.5. The zero-order valence-corrected chi connectivity index (χ0v) is 73.3. The van der Waals surface area contributed by atoms with Crippen LogP contribution in [-0.4, -0.2) is 5.78 Å². The molecule has 1 aliphatic heterocycles. The van der Waals surface area contributed by atoms with E-state index in [1.165, 1.54) is 76.0 Å². The minimum atomic E-state index is -0.367. The second-order valence-electron chi connectivity index (χ2n) is 26.6. The Labute approximate surface area is 739 Å². The number of benzene rings is 16. The van der Waals surface area contributed by atoms with Gasteiger partial charge in [-0.15, -0.1) is 0 Å². The number of carbonyl (C=O) groups excluding carboxylic acids is 1. The molecule has 556 valence electrons. The third-order valence-corrected chi connectivity index (χ3v) is 24.0. The van der Waals surface area contributed by atoms with Gasteiger partial charge in [0.1, 0.15) is 0 Å². The molecule has 0 aromatic heterocycles. The van der Waals surface area contributed by atoms with E-state index in [1.807, 2.05) is 97.1 Å². The van der Waals surface area contributed by atoms with Crippen molar-refractivity contribution < 1.29 is 23.7 Å². The first-order valence-electron chi connectivity index (χ1n) is 37.4. The van der Waals surface area contributed by atoms with Crippen LogP contribution < -0.4 is 33.6 Å². The average Bonchev–Trinajstić information content (AvgIpc) is 1.47. The summed E-state index contributed by atoms with van der Waals surface area (Å²) in [6.07, 6.45) is 3.31. The smallest absolute Gasteiger partial charge is 0.343 e. The van der Waals surface area contributed by atoms with E-state index in [0.29, 0.717) is 0 Å². The van der Waals surface area contributed by atoms with Crippen molar-refractivity contribution in [2.75, 3.05) is 14.7 Å². The molecule has 1 spiro atoms. The van der Waals surface area contributed by atoms with Crippen LogP contribution >= 0.6 is 102 Å². The summed E-state index contributed by atoms with van der Waals surface area (Å²) in [5.74, 6) is 0.127. The van der Waals surface area contributed by atoms with Crippen molar-refractivity contribution in [3.8, 4) is 22.3 Å². The molecule has 1 heterocycles. The van der Waals surface area contributed by atoms with Crippen LogP contribution in [0.25, 0.3) is 22.3 Å². The summed E-state index contributed by atoms with van der Waals surface area (Å²) in [6, 6.07) is 145. The molecule has 0 amide bonds. The molecule has 11 heteroatoms. The van der Waals surface area contributed by atoms with Gasteiger partial charge in [0.25, 0.3) is 0 Å². The van der Waals surface area contributed by atoms with Crippen LogP contribution in [0.2, 0.25) is 0 Å². The molecule has 0 fully saturated rings. The summed E-state index contributed by atoms with van der Waals surface area (Å²) in [4.78, 5) is 18.9. The number of hydrogen-bond acceptors (Lipinski definition) is 4. The molecule has 4 nitrogen and oxygen atoms in total. The van der Waals surface area contributed by atoms with Gasteiger partial charge in [-0.2, -0.15) is 6.42 Å². The number of rotatable bonds is 10. The predicted molar refractivity (Wildman–Crippen MR) is 503 cm³/mol. The van der Waals surface area contributed by atoms with Gasteiger partial charge in [0.15, 0.2) is 5.78 Å².